The summed E-state index contributed by atoms with van der Waals surface area (Å²) in [5.41, 5.74) is 0. The third-order valence-corrected chi connectivity index (χ3v) is 6.68. The van der Waals surface area contributed by atoms with Crippen LogP contribution in [-0.2, 0) is 14.8 Å². The Morgan fingerprint density at radius 2 is 1.85 bits per heavy atom. The van der Waals surface area contributed by atoms with Gasteiger partial charge in [0.05, 0.1) is 4.90 Å². The fourth-order valence-corrected chi connectivity index (χ4v) is 4.51. The first-order valence-electron chi connectivity index (χ1n) is 8.31. The number of carbonyl (C=O) groups excluding carboxylic acids is 1. The fraction of sp³-hybridized carbons (Fsp3) is 0.562. The second-order valence-electron chi connectivity index (χ2n) is 6.52. The van der Waals surface area contributed by atoms with E-state index < -0.39 is 21.7 Å². The van der Waals surface area contributed by atoms with Gasteiger partial charge >= 0.3 is 0 Å². The van der Waals surface area contributed by atoms with Crippen LogP contribution in [0.15, 0.2) is 23.1 Å². The first-order chi connectivity index (χ1) is 11.9. The summed E-state index contributed by atoms with van der Waals surface area (Å²) in [6.07, 6.45) is 0.829. The maximum atomic E-state index is 13.3. The van der Waals surface area contributed by atoms with Crippen LogP contribution in [0.4, 0.5) is 8.78 Å². The first-order valence-corrected chi connectivity index (χ1v) is 9.75. The summed E-state index contributed by atoms with van der Waals surface area (Å²) in [5, 5.41) is 6.05. The van der Waals surface area contributed by atoms with Crippen LogP contribution >= 0.6 is 12.4 Å². The van der Waals surface area contributed by atoms with Crippen LogP contribution < -0.4 is 10.6 Å². The Kier molecular flexibility index (Phi) is 6.95. The molecule has 2 aliphatic rings. The Morgan fingerprint density at radius 1 is 1.19 bits per heavy atom. The fourth-order valence-electron chi connectivity index (χ4n) is 3.03. The van der Waals surface area contributed by atoms with Gasteiger partial charge in [0.1, 0.15) is 0 Å². The predicted octanol–water partition coefficient (Wildman–Crippen LogP) is 1.12. The SMILES string of the molecule is Cl.O=C(NCC1CNC1)C1CCN(S(=O)(=O)c2ccc(F)c(F)c2)CC1. The molecule has 0 aromatic heterocycles. The van der Waals surface area contributed by atoms with Gasteiger partial charge in [-0.15, -0.1) is 12.4 Å². The average molecular weight is 410 g/mol. The third-order valence-electron chi connectivity index (χ3n) is 4.78. The predicted molar refractivity (Wildman–Crippen MR) is 94.5 cm³/mol. The molecule has 0 spiro atoms. The summed E-state index contributed by atoms with van der Waals surface area (Å²) in [6, 6.07) is 2.55. The van der Waals surface area contributed by atoms with Crippen LogP contribution in [0.5, 0.6) is 0 Å². The zero-order valence-corrected chi connectivity index (χ0v) is 15.7. The molecule has 1 aromatic carbocycles. The van der Waals surface area contributed by atoms with Crippen molar-refractivity contribution in [2.45, 2.75) is 17.7 Å². The van der Waals surface area contributed by atoms with Crippen molar-refractivity contribution in [1.29, 1.82) is 0 Å². The number of hydrogen-bond acceptors (Lipinski definition) is 4. The van der Waals surface area contributed by atoms with Crippen molar-refractivity contribution in [3.05, 3.63) is 29.8 Å². The highest BCUT2D eigenvalue weighted by atomic mass is 35.5. The quantitative estimate of drug-likeness (QED) is 0.764. The van der Waals surface area contributed by atoms with Crippen LogP contribution in [0.3, 0.4) is 0 Å². The minimum Gasteiger partial charge on any atom is -0.355 e. The number of piperidine rings is 1. The van der Waals surface area contributed by atoms with Crippen LogP contribution in [0.25, 0.3) is 0 Å². The van der Waals surface area contributed by atoms with Crippen molar-refractivity contribution in [2.24, 2.45) is 11.8 Å². The number of amides is 1. The molecule has 0 radical (unpaired) electrons. The van der Waals surface area contributed by atoms with Gasteiger partial charge in [0.2, 0.25) is 15.9 Å². The summed E-state index contributed by atoms with van der Waals surface area (Å²) in [6.45, 7) is 2.82. The minimum atomic E-state index is -3.88. The molecule has 6 nitrogen and oxygen atoms in total. The highest BCUT2D eigenvalue weighted by molar-refractivity contribution is 7.89. The summed E-state index contributed by atoms with van der Waals surface area (Å²) < 4.78 is 52.6. The van der Waals surface area contributed by atoms with Crippen molar-refractivity contribution in [3.8, 4) is 0 Å². The van der Waals surface area contributed by atoms with Crippen LogP contribution in [0.1, 0.15) is 12.8 Å². The molecule has 2 saturated heterocycles. The van der Waals surface area contributed by atoms with E-state index in [9.17, 15) is 22.0 Å². The van der Waals surface area contributed by atoms with Gasteiger partial charge in [0.15, 0.2) is 11.6 Å². The molecule has 2 heterocycles. The van der Waals surface area contributed by atoms with Gasteiger partial charge in [0, 0.05) is 44.6 Å². The van der Waals surface area contributed by atoms with E-state index in [0.717, 1.165) is 25.2 Å². The molecule has 2 N–H and O–H groups in total. The average Bonchev–Trinajstić information content (AvgIpc) is 2.55. The van der Waals surface area contributed by atoms with Crippen molar-refractivity contribution < 1.29 is 22.0 Å². The zero-order chi connectivity index (χ0) is 18.0. The highest BCUT2D eigenvalue weighted by Gasteiger charge is 2.32. The molecule has 0 aliphatic carbocycles. The van der Waals surface area contributed by atoms with Crippen LogP contribution in [0.2, 0.25) is 0 Å². The van der Waals surface area contributed by atoms with Gasteiger partial charge < -0.3 is 10.6 Å². The van der Waals surface area contributed by atoms with E-state index >= 15 is 0 Å². The second-order valence-corrected chi connectivity index (χ2v) is 8.46. The number of benzene rings is 1. The molecule has 0 atom stereocenters. The largest absolute Gasteiger partial charge is 0.355 e. The molecular formula is C16H22ClF2N3O3S. The standard InChI is InChI=1S/C16H21F2N3O3S.ClH/c17-14-2-1-13(7-15(14)18)25(23,24)21-5-3-12(4-6-21)16(22)20-10-11-8-19-9-11;/h1-2,7,11-12,19H,3-6,8-10H2,(H,20,22);1H. The molecule has 1 aromatic rings. The van der Waals surface area contributed by atoms with E-state index in [0.29, 0.717) is 31.4 Å². The lowest BCUT2D eigenvalue weighted by molar-refractivity contribution is -0.126. The van der Waals surface area contributed by atoms with Crippen LogP contribution in [-0.4, -0.2) is 51.4 Å². The van der Waals surface area contributed by atoms with Crippen molar-refractivity contribution in [2.75, 3.05) is 32.7 Å². The summed E-state index contributed by atoms with van der Waals surface area (Å²) >= 11 is 0. The lowest BCUT2D eigenvalue weighted by Crippen LogP contribution is -2.50. The Hall–Kier alpha value is -1.29. The molecule has 1 amide bonds. The van der Waals surface area contributed by atoms with Gasteiger partial charge in [-0.2, -0.15) is 4.31 Å². The number of halogens is 3. The molecule has 0 saturated carbocycles. The number of hydrogen-bond donors (Lipinski definition) is 2. The minimum absolute atomic E-state index is 0. The number of nitrogens with one attached hydrogen (secondary N) is 2. The first kappa shape index (κ1) is 21.0. The molecule has 0 bridgehead atoms. The number of sulfonamides is 1. The van der Waals surface area contributed by atoms with E-state index in [1.165, 1.54) is 4.31 Å². The topological polar surface area (TPSA) is 78.5 Å². The maximum absolute atomic E-state index is 13.3. The van der Waals surface area contributed by atoms with Gasteiger partial charge in [-0.05, 0) is 31.0 Å². The molecule has 146 valence electrons. The Balaban J connectivity index is 0.00000243. The Morgan fingerprint density at radius 3 is 2.38 bits per heavy atom. The van der Waals surface area contributed by atoms with Crippen molar-refractivity contribution in [1.82, 2.24) is 14.9 Å². The van der Waals surface area contributed by atoms with E-state index in [1.54, 1.807) is 0 Å². The summed E-state index contributed by atoms with van der Waals surface area (Å²) in [4.78, 5) is 11.9. The molecule has 10 heteroatoms. The molecular weight excluding hydrogens is 388 g/mol. The Labute approximate surface area is 157 Å². The number of rotatable bonds is 5. The third kappa shape index (κ3) is 4.51. The van der Waals surface area contributed by atoms with Gasteiger partial charge in [-0.1, -0.05) is 0 Å². The second kappa shape index (κ2) is 8.60. The number of carbonyl (C=O) groups is 1. The summed E-state index contributed by atoms with van der Waals surface area (Å²) in [5.74, 6) is -2.07. The zero-order valence-electron chi connectivity index (χ0n) is 14.1. The molecule has 2 fully saturated rings. The van der Waals surface area contributed by atoms with Gasteiger partial charge in [0.25, 0.3) is 0 Å². The molecule has 2 aliphatic heterocycles. The molecule has 0 unspecified atom stereocenters. The smallest absolute Gasteiger partial charge is 0.243 e. The van der Waals surface area contributed by atoms with Gasteiger partial charge in [-0.25, -0.2) is 17.2 Å². The van der Waals surface area contributed by atoms with Crippen molar-refractivity contribution >= 4 is 28.3 Å². The molecule has 3 rings (SSSR count). The van der Waals surface area contributed by atoms with Crippen molar-refractivity contribution in [3.63, 3.8) is 0 Å². The monoisotopic (exact) mass is 409 g/mol. The van der Waals surface area contributed by atoms with E-state index in [-0.39, 0.29) is 42.2 Å². The normalized spacial score (nSPS) is 19.5. The van der Waals surface area contributed by atoms with Crippen LogP contribution in [0, 0.1) is 23.5 Å². The maximum Gasteiger partial charge on any atom is 0.243 e. The van der Waals surface area contributed by atoms with E-state index in [2.05, 4.69) is 10.6 Å². The lowest BCUT2D eigenvalue weighted by atomic mass is 9.96. The molecule has 26 heavy (non-hydrogen) atoms. The lowest BCUT2D eigenvalue weighted by Gasteiger charge is -2.32. The van der Waals surface area contributed by atoms with E-state index in [1.807, 2.05) is 0 Å². The van der Waals surface area contributed by atoms with Gasteiger partial charge in [-0.3, -0.25) is 4.79 Å². The Bertz CT molecular complexity index is 751. The highest BCUT2D eigenvalue weighted by Crippen LogP contribution is 2.25. The van der Waals surface area contributed by atoms with E-state index in [4.69, 9.17) is 0 Å². The number of nitrogens with zero attached hydrogens (tertiary/aromatic N) is 1. The summed E-state index contributed by atoms with van der Waals surface area (Å²) in [7, 11) is -3.88.